The van der Waals surface area contributed by atoms with Crippen molar-refractivity contribution in [1.29, 1.82) is 0 Å². The highest BCUT2D eigenvalue weighted by atomic mass is 16.2. The molecule has 0 bridgehead atoms. The molecule has 2 N–H and O–H groups in total. The van der Waals surface area contributed by atoms with Crippen LogP contribution in [0.5, 0.6) is 0 Å². The van der Waals surface area contributed by atoms with Crippen molar-refractivity contribution in [2.45, 2.75) is 32.9 Å². The molecule has 1 amide bonds. The number of pyridine rings is 1. The van der Waals surface area contributed by atoms with Crippen LogP contribution in [-0.2, 0) is 6.54 Å². The number of nitrogens with zero attached hydrogens (tertiary/aromatic N) is 3. The molecule has 0 saturated carbocycles. The summed E-state index contributed by atoms with van der Waals surface area (Å²) in [6.45, 7) is 4.59. The van der Waals surface area contributed by atoms with Gasteiger partial charge in [0.1, 0.15) is 17.7 Å². The monoisotopic (exact) mass is 275 g/mol. The Hall–Kier alpha value is -2.44. The van der Waals surface area contributed by atoms with Gasteiger partial charge in [0.2, 0.25) is 0 Å². The van der Waals surface area contributed by atoms with Gasteiger partial charge < -0.3 is 10.3 Å². The van der Waals surface area contributed by atoms with E-state index in [-0.39, 0.29) is 11.6 Å². The maximum atomic E-state index is 12.1. The summed E-state index contributed by atoms with van der Waals surface area (Å²) in [5.74, 6) is 0.248. The van der Waals surface area contributed by atoms with Gasteiger partial charge >= 0.3 is 0 Å². The van der Waals surface area contributed by atoms with E-state index in [4.69, 9.17) is 0 Å². The summed E-state index contributed by atoms with van der Waals surface area (Å²) in [6, 6.07) is 2.77. The molecule has 2 rings (SSSR count). The zero-order valence-electron chi connectivity index (χ0n) is 11.5. The van der Waals surface area contributed by atoms with Gasteiger partial charge in [-0.1, -0.05) is 6.92 Å². The Bertz CT molecular complexity index is 646. The molecule has 20 heavy (non-hydrogen) atoms. The molecule has 0 aliphatic carbocycles. The van der Waals surface area contributed by atoms with E-state index in [1.54, 1.807) is 10.7 Å². The Kier molecular flexibility index (Phi) is 4.29. The minimum atomic E-state index is -0.426. The van der Waals surface area contributed by atoms with Gasteiger partial charge in [-0.3, -0.25) is 9.59 Å². The minimum Gasteiger partial charge on any atom is -0.342 e. The van der Waals surface area contributed by atoms with E-state index in [2.05, 4.69) is 20.4 Å². The van der Waals surface area contributed by atoms with Crippen LogP contribution in [0.1, 0.15) is 42.5 Å². The van der Waals surface area contributed by atoms with Gasteiger partial charge in [0.15, 0.2) is 0 Å². The predicted molar refractivity (Wildman–Crippen MR) is 73.3 cm³/mol. The lowest BCUT2D eigenvalue weighted by atomic mass is 10.2. The summed E-state index contributed by atoms with van der Waals surface area (Å²) in [7, 11) is 0. The number of aromatic amines is 1. The zero-order chi connectivity index (χ0) is 14.5. The molecule has 2 heterocycles. The average molecular weight is 275 g/mol. The Morgan fingerprint density at radius 3 is 3.05 bits per heavy atom. The number of nitrogens with one attached hydrogen (secondary N) is 2. The number of amides is 1. The first-order chi connectivity index (χ1) is 9.63. The third kappa shape index (κ3) is 2.93. The van der Waals surface area contributed by atoms with Gasteiger partial charge in [0, 0.05) is 12.7 Å². The van der Waals surface area contributed by atoms with Crippen LogP contribution in [0.2, 0.25) is 0 Å². The van der Waals surface area contributed by atoms with Crippen molar-refractivity contribution in [1.82, 2.24) is 25.1 Å². The van der Waals surface area contributed by atoms with Crippen LogP contribution in [0, 0.1) is 0 Å². The minimum absolute atomic E-state index is 0.0842. The Labute approximate surface area is 116 Å². The fourth-order valence-corrected chi connectivity index (χ4v) is 1.93. The number of hydrogen-bond donors (Lipinski definition) is 2. The van der Waals surface area contributed by atoms with Gasteiger partial charge in [-0.2, -0.15) is 5.10 Å². The topological polar surface area (TPSA) is 92.7 Å². The highest BCUT2D eigenvalue weighted by molar-refractivity contribution is 5.93. The Morgan fingerprint density at radius 2 is 2.35 bits per heavy atom. The van der Waals surface area contributed by atoms with E-state index < -0.39 is 11.5 Å². The second-order valence-corrected chi connectivity index (χ2v) is 4.45. The molecule has 2 aromatic heterocycles. The Balaban J connectivity index is 2.13. The van der Waals surface area contributed by atoms with Crippen LogP contribution in [-0.4, -0.2) is 25.7 Å². The maximum Gasteiger partial charge on any atom is 0.260 e. The number of H-pyrrole nitrogens is 1. The first kappa shape index (κ1) is 14.0. The third-order valence-corrected chi connectivity index (χ3v) is 2.88. The number of rotatable bonds is 5. The maximum absolute atomic E-state index is 12.1. The van der Waals surface area contributed by atoms with E-state index in [0.29, 0.717) is 5.82 Å². The van der Waals surface area contributed by atoms with Crippen LogP contribution in [0.15, 0.2) is 29.5 Å². The van der Waals surface area contributed by atoms with Gasteiger partial charge in [-0.25, -0.2) is 9.67 Å². The number of hydrogen-bond acceptors (Lipinski definition) is 4. The van der Waals surface area contributed by atoms with Crippen molar-refractivity contribution in [3.63, 3.8) is 0 Å². The summed E-state index contributed by atoms with van der Waals surface area (Å²) >= 11 is 0. The summed E-state index contributed by atoms with van der Waals surface area (Å²) in [5.41, 5.74) is -0.326. The molecule has 1 atom stereocenters. The lowest BCUT2D eigenvalue weighted by molar-refractivity contribution is 0.0936. The molecular formula is C13H17N5O2. The van der Waals surface area contributed by atoms with Crippen molar-refractivity contribution in [3.05, 3.63) is 46.4 Å². The van der Waals surface area contributed by atoms with Crippen molar-refractivity contribution in [2.24, 2.45) is 0 Å². The zero-order valence-corrected chi connectivity index (χ0v) is 11.5. The predicted octanol–water partition coefficient (Wildman–Crippen LogP) is 0.867. The standard InChI is InChI=1S/C13H17N5O2/c1-3-7-18-11(15-8-16-18)9(2)17-13(20)10-5-4-6-14-12(10)19/h4-6,8-9H,3,7H2,1-2H3,(H,14,19)(H,17,20)/t9-/m1/s1. The van der Waals surface area contributed by atoms with Crippen molar-refractivity contribution in [2.75, 3.05) is 0 Å². The number of aromatic nitrogens is 4. The van der Waals surface area contributed by atoms with Crippen LogP contribution < -0.4 is 10.9 Å². The molecule has 0 saturated heterocycles. The lowest BCUT2D eigenvalue weighted by Gasteiger charge is -2.14. The molecule has 0 fully saturated rings. The summed E-state index contributed by atoms with van der Waals surface area (Å²) in [4.78, 5) is 30.2. The lowest BCUT2D eigenvalue weighted by Crippen LogP contribution is -2.32. The molecule has 0 spiro atoms. The van der Waals surface area contributed by atoms with Crippen LogP contribution in [0.3, 0.4) is 0 Å². The molecule has 106 valence electrons. The number of aryl methyl sites for hydroxylation is 1. The van der Waals surface area contributed by atoms with E-state index >= 15 is 0 Å². The fourth-order valence-electron chi connectivity index (χ4n) is 1.93. The second kappa shape index (κ2) is 6.14. The van der Waals surface area contributed by atoms with Crippen LogP contribution in [0.4, 0.5) is 0 Å². The number of carbonyl (C=O) groups is 1. The molecule has 0 aromatic carbocycles. The van der Waals surface area contributed by atoms with Crippen LogP contribution >= 0.6 is 0 Å². The molecule has 0 radical (unpaired) electrons. The second-order valence-electron chi connectivity index (χ2n) is 4.45. The third-order valence-electron chi connectivity index (χ3n) is 2.88. The van der Waals surface area contributed by atoms with Crippen molar-refractivity contribution >= 4 is 5.91 Å². The van der Waals surface area contributed by atoms with Gasteiger partial charge in [0.05, 0.1) is 6.04 Å². The molecular weight excluding hydrogens is 258 g/mol. The number of carbonyl (C=O) groups excluding carboxylic acids is 1. The van der Waals surface area contributed by atoms with E-state index in [0.717, 1.165) is 13.0 Å². The van der Waals surface area contributed by atoms with E-state index in [1.165, 1.54) is 18.6 Å². The quantitative estimate of drug-likeness (QED) is 0.846. The highest BCUT2D eigenvalue weighted by Crippen LogP contribution is 2.09. The Morgan fingerprint density at radius 1 is 1.55 bits per heavy atom. The molecule has 0 unspecified atom stereocenters. The smallest absolute Gasteiger partial charge is 0.260 e. The summed E-state index contributed by atoms with van der Waals surface area (Å²) in [5, 5.41) is 6.87. The summed E-state index contributed by atoms with van der Waals surface area (Å²) in [6.07, 6.45) is 3.87. The molecule has 0 aliphatic rings. The van der Waals surface area contributed by atoms with Gasteiger partial charge in [-0.05, 0) is 25.5 Å². The van der Waals surface area contributed by atoms with Crippen LogP contribution in [0.25, 0.3) is 0 Å². The van der Waals surface area contributed by atoms with Crippen molar-refractivity contribution in [3.8, 4) is 0 Å². The normalized spacial score (nSPS) is 12.1. The van der Waals surface area contributed by atoms with Gasteiger partial charge in [-0.15, -0.1) is 0 Å². The molecule has 0 aliphatic heterocycles. The van der Waals surface area contributed by atoms with Gasteiger partial charge in [0.25, 0.3) is 11.5 Å². The van der Waals surface area contributed by atoms with Crippen molar-refractivity contribution < 1.29 is 4.79 Å². The first-order valence-corrected chi connectivity index (χ1v) is 6.49. The largest absolute Gasteiger partial charge is 0.342 e. The van der Waals surface area contributed by atoms with E-state index in [1.807, 2.05) is 13.8 Å². The highest BCUT2D eigenvalue weighted by Gasteiger charge is 2.17. The molecule has 2 aromatic rings. The SMILES string of the molecule is CCCn1ncnc1[C@@H](C)NC(=O)c1ccc[nH]c1=O. The first-order valence-electron chi connectivity index (χ1n) is 6.49. The molecule has 7 heteroatoms. The molecule has 7 nitrogen and oxygen atoms in total. The van der Waals surface area contributed by atoms with E-state index in [9.17, 15) is 9.59 Å². The average Bonchev–Trinajstić information content (AvgIpc) is 2.88. The summed E-state index contributed by atoms with van der Waals surface area (Å²) < 4.78 is 1.75. The fraction of sp³-hybridized carbons (Fsp3) is 0.385.